The Bertz CT molecular complexity index is 809. The fourth-order valence-corrected chi connectivity index (χ4v) is 3.97. The number of β-amino-alcohol motifs (C(OH)–C–C–N with tert-alkyl or cyclic N) is 1. The second-order valence-corrected chi connectivity index (χ2v) is 8.24. The van der Waals surface area contributed by atoms with Crippen LogP contribution in [0, 0.1) is 5.92 Å². The molecule has 2 aromatic rings. The van der Waals surface area contributed by atoms with Crippen LogP contribution in [0.5, 0.6) is 5.75 Å². The van der Waals surface area contributed by atoms with E-state index >= 15 is 0 Å². The molecule has 168 valence electrons. The lowest BCUT2D eigenvalue weighted by atomic mass is 9.97. The van der Waals surface area contributed by atoms with Gasteiger partial charge in [0.1, 0.15) is 18.5 Å². The van der Waals surface area contributed by atoms with E-state index in [0.717, 1.165) is 50.3 Å². The summed E-state index contributed by atoms with van der Waals surface area (Å²) in [5.74, 6) is 0.610. The highest BCUT2D eigenvalue weighted by Crippen LogP contribution is 2.19. The van der Waals surface area contributed by atoms with Crippen LogP contribution in [-0.4, -0.2) is 72.4 Å². The Morgan fingerprint density at radius 1 is 1.23 bits per heavy atom. The summed E-state index contributed by atoms with van der Waals surface area (Å²) in [6, 6.07) is 12.0. The zero-order chi connectivity index (χ0) is 22.1. The highest BCUT2D eigenvalue weighted by Gasteiger charge is 2.26. The molecule has 1 saturated heterocycles. The van der Waals surface area contributed by atoms with Crippen molar-refractivity contribution in [3.63, 3.8) is 0 Å². The standard InChI is InChI=1S/C24H33N3O4/c1-26(16-20-6-4-10-25-14-20)15-19-5-3-7-23(13-19)31-18-22(28)17-27-11-8-21(9-12-27)24(29)30-2/h3-7,10,13-14,21-22,28H,8-9,11-12,15-18H2,1-2H3. The van der Waals surface area contributed by atoms with E-state index in [4.69, 9.17) is 9.47 Å². The maximum Gasteiger partial charge on any atom is 0.308 e. The highest BCUT2D eigenvalue weighted by atomic mass is 16.5. The van der Waals surface area contributed by atoms with E-state index in [9.17, 15) is 9.90 Å². The minimum atomic E-state index is -0.577. The van der Waals surface area contributed by atoms with E-state index < -0.39 is 6.10 Å². The van der Waals surface area contributed by atoms with Crippen molar-refractivity contribution in [3.05, 3.63) is 59.9 Å². The van der Waals surface area contributed by atoms with Crippen LogP contribution in [0.15, 0.2) is 48.8 Å². The quantitative estimate of drug-likeness (QED) is 0.583. The van der Waals surface area contributed by atoms with Crippen molar-refractivity contribution < 1.29 is 19.4 Å². The molecule has 1 unspecified atom stereocenters. The van der Waals surface area contributed by atoms with Crippen LogP contribution in [0.3, 0.4) is 0 Å². The van der Waals surface area contributed by atoms with Crippen molar-refractivity contribution in [2.75, 3.05) is 40.4 Å². The lowest BCUT2D eigenvalue weighted by molar-refractivity contribution is -0.147. The van der Waals surface area contributed by atoms with E-state index in [1.165, 1.54) is 12.7 Å². The zero-order valence-electron chi connectivity index (χ0n) is 18.4. The molecule has 7 heteroatoms. The van der Waals surface area contributed by atoms with Gasteiger partial charge in [-0.15, -0.1) is 0 Å². The molecule has 1 fully saturated rings. The minimum Gasteiger partial charge on any atom is -0.491 e. The molecule has 0 amide bonds. The Balaban J connectivity index is 1.41. The normalized spacial score (nSPS) is 16.3. The molecule has 7 nitrogen and oxygen atoms in total. The van der Waals surface area contributed by atoms with E-state index in [0.29, 0.717) is 6.54 Å². The summed E-state index contributed by atoms with van der Waals surface area (Å²) in [4.78, 5) is 20.2. The number of hydrogen-bond acceptors (Lipinski definition) is 7. The Morgan fingerprint density at radius 3 is 2.68 bits per heavy atom. The zero-order valence-corrected chi connectivity index (χ0v) is 18.4. The third-order valence-corrected chi connectivity index (χ3v) is 5.56. The molecule has 1 aromatic heterocycles. The lowest BCUT2D eigenvalue weighted by Gasteiger charge is -2.31. The molecule has 1 atom stereocenters. The first-order valence-corrected chi connectivity index (χ1v) is 10.8. The fraction of sp³-hybridized carbons (Fsp3) is 0.500. The first kappa shape index (κ1) is 23.2. The number of esters is 1. The van der Waals surface area contributed by atoms with Crippen LogP contribution < -0.4 is 4.74 Å². The first-order chi connectivity index (χ1) is 15.0. The van der Waals surface area contributed by atoms with Gasteiger partial charge in [0.25, 0.3) is 0 Å². The van der Waals surface area contributed by atoms with Crippen molar-refractivity contribution in [2.45, 2.75) is 32.0 Å². The molecule has 1 aliphatic rings. The molecule has 2 heterocycles. The summed E-state index contributed by atoms with van der Waals surface area (Å²) in [7, 11) is 3.51. The Kier molecular flexibility index (Phi) is 8.82. The number of aliphatic hydroxyl groups is 1. The average molecular weight is 428 g/mol. The number of rotatable bonds is 10. The summed E-state index contributed by atoms with van der Waals surface area (Å²) in [6.07, 6.45) is 4.63. The molecule has 0 aliphatic carbocycles. The molecule has 1 N–H and O–H groups in total. The summed E-state index contributed by atoms with van der Waals surface area (Å²) < 4.78 is 10.7. The minimum absolute atomic E-state index is 0.0198. The Labute approximate surface area is 184 Å². The van der Waals surface area contributed by atoms with Crippen molar-refractivity contribution in [3.8, 4) is 5.75 Å². The summed E-state index contributed by atoms with van der Waals surface area (Å²) >= 11 is 0. The summed E-state index contributed by atoms with van der Waals surface area (Å²) in [5, 5.41) is 10.4. The second-order valence-electron chi connectivity index (χ2n) is 8.24. The monoisotopic (exact) mass is 427 g/mol. The number of benzene rings is 1. The van der Waals surface area contributed by atoms with Gasteiger partial charge in [0.2, 0.25) is 0 Å². The summed E-state index contributed by atoms with van der Waals surface area (Å²) in [5.41, 5.74) is 2.33. The van der Waals surface area contributed by atoms with Gasteiger partial charge in [-0.2, -0.15) is 0 Å². The van der Waals surface area contributed by atoms with Gasteiger partial charge in [-0.3, -0.25) is 14.7 Å². The topological polar surface area (TPSA) is 75.1 Å². The van der Waals surface area contributed by atoms with Crippen LogP contribution in [0.4, 0.5) is 0 Å². The maximum absolute atomic E-state index is 11.6. The number of piperidine rings is 1. The largest absolute Gasteiger partial charge is 0.491 e. The number of ether oxygens (including phenoxy) is 2. The molecule has 0 radical (unpaired) electrons. The van der Waals surface area contributed by atoms with Gasteiger partial charge < -0.3 is 19.5 Å². The Morgan fingerprint density at radius 2 is 1.97 bits per heavy atom. The molecule has 0 bridgehead atoms. The van der Waals surface area contributed by atoms with Crippen LogP contribution in [0.2, 0.25) is 0 Å². The highest BCUT2D eigenvalue weighted by molar-refractivity contribution is 5.72. The molecule has 1 aliphatic heterocycles. The molecule has 0 saturated carbocycles. The number of methoxy groups -OCH3 is 1. The fourth-order valence-electron chi connectivity index (χ4n) is 3.97. The van der Waals surface area contributed by atoms with E-state index in [2.05, 4.69) is 34.0 Å². The van der Waals surface area contributed by atoms with Gasteiger partial charge in [0, 0.05) is 32.0 Å². The van der Waals surface area contributed by atoms with Gasteiger partial charge in [-0.05, 0) is 62.3 Å². The van der Waals surface area contributed by atoms with E-state index in [1.807, 2.05) is 30.5 Å². The maximum atomic E-state index is 11.6. The number of aliphatic hydroxyl groups excluding tert-OH is 1. The van der Waals surface area contributed by atoms with Gasteiger partial charge in [0.05, 0.1) is 13.0 Å². The van der Waals surface area contributed by atoms with Crippen LogP contribution >= 0.6 is 0 Å². The molecule has 1 aromatic carbocycles. The van der Waals surface area contributed by atoms with Crippen LogP contribution in [-0.2, 0) is 22.6 Å². The smallest absolute Gasteiger partial charge is 0.308 e. The Hall–Kier alpha value is -2.48. The average Bonchev–Trinajstić information content (AvgIpc) is 2.78. The van der Waals surface area contributed by atoms with E-state index in [1.54, 1.807) is 6.20 Å². The van der Waals surface area contributed by atoms with Gasteiger partial charge in [-0.25, -0.2) is 0 Å². The summed E-state index contributed by atoms with van der Waals surface area (Å²) in [6.45, 7) is 3.98. The van der Waals surface area contributed by atoms with Crippen LogP contribution in [0.25, 0.3) is 0 Å². The molecule has 31 heavy (non-hydrogen) atoms. The molecule has 3 rings (SSSR count). The number of nitrogens with zero attached hydrogens (tertiary/aromatic N) is 3. The first-order valence-electron chi connectivity index (χ1n) is 10.8. The molecular weight excluding hydrogens is 394 g/mol. The van der Waals surface area contributed by atoms with Crippen molar-refractivity contribution in [1.82, 2.24) is 14.8 Å². The van der Waals surface area contributed by atoms with Gasteiger partial charge >= 0.3 is 5.97 Å². The number of carbonyl (C=O) groups is 1. The predicted octanol–water partition coefficient (Wildman–Crippen LogP) is 2.34. The predicted molar refractivity (Wildman–Crippen MR) is 119 cm³/mol. The number of pyridine rings is 1. The third kappa shape index (κ3) is 7.61. The SMILES string of the molecule is COC(=O)C1CCN(CC(O)COc2cccc(CN(C)Cc3cccnc3)c2)CC1. The number of hydrogen-bond donors (Lipinski definition) is 1. The molecule has 0 spiro atoms. The second kappa shape index (κ2) is 11.8. The number of carbonyl (C=O) groups excluding carboxylic acids is 1. The van der Waals surface area contributed by atoms with Crippen molar-refractivity contribution >= 4 is 5.97 Å². The number of likely N-dealkylation sites (tertiary alicyclic amines) is 1. The lowest BCUT2D eigenvalue weighted by Crippen LogP contribution is -2.42. The molecular formula is C24H33N3O4. The van der Waals surface area contributed by atoms with Crippen molar-refractivity contribution in [1.29, 1.82) is 0 Å². The van der Waals surface area contributed by atoms with Gasteiger partial charge in [-0.1, -0.05) is 18.2 Å². The third-order valence-electron chi connectivity index (χ3n) is 5.56. The van der Waals surface area contributed by atoms with Crippen LogP contribution in [0.1, 0.15) is 24.0 Å². The van der Waals surface area contributed by atoms with Gasteiger partial charge in [0.15, 0.2) is 0 Å². The van der Waals surface area contributed by atoms with E-state index in [-0.39, 0.29) is 18.5 Å². The number of aromatic nitrogens is 1. The van der Waals surface area contributed by atoms with Crippen molar-refractivity contribution in [2.24, 2.45) is 5.92 Å².